The molecule has 2 fully saturated rings. The van der Waals surface area contributed by atoms with Crippen molar-refractivity contribution in [3.05, 3.63) is 48.3 Å². The van der Waals surface area contributed by atoms with Crippen molar-refractivity contribution in [1.29, 1.82) is 0 Å². The summed E-state index contributed by atoms with van der Waals surface area (Å²) in [5, 5.41) is 3.42. The van der Waals surface area contributed by atoms with E-state index in [0.29, 0.717) is 11.6 Å². The van der Waals surface area contributed by atoms with Crippen LogP contribution in [0.1, 0.15) is 50.0 Å². The highest BCUT2D eigenvalue weighted by Gasteiger charge is 2.22. The summed E-state index contributed by atoms with van der Waals surface area (Å²) in [6, 6.07) is 12.4. The topological polar surface area (TPSA) is 48.5 Å². The number of carbonyl (C=O) groups excluding carboxylic acids is 1. The van der Waals surface area contributed by atoms with Crippen molar-refractivity contribution in [1.82, 2.24) is 9.88 Å². The Morgan fingerprint density at radius 3 is 2.17 bits per heavy atom. The molecule has 1 aromatic carbocycles. The number of hydrogen-bond acceptors (Lipinski definition) is 4. The molecule has 3 heterocycles. The third kappa shape index (κ3) is 4.89. The van der Waals surface area contributed by atoms with Gasteiger partial charge in [0.05, 0.1) is 0 Å². The fourth-order valence-corrected chi connectivity index (χ4v) is 4.19. The second kappa shape index (κ2) is 8.85. The summed E-state index contributed by atoms with van der Waals surface area (Å²) < 4.78 is 0. The minimum atomic E-state index is 0.0372. The van der Waals surface area contributed by atoms with Gasteiger partial charge in [-0.05, 0) is 73.9 Å². The number of pyridine rings is 1. The summed E-state index contributed by atoms with van der Waals surface area (Å²) in [7, 11) is 0. The molecule has 2 aliphatic rings. The van der Waals surface area contributed by atoms with Gasteiger partial charge in [-0.2, -0.15) is 0 Å². The molecule has 0 saturated carbocycles. The molecule has 2 saturated heterocycles. The van der Waals surface area contributed by atoms with Gasteiger partial charge in [0.2, 0.25) is 0 Å². The SMILES string of the molecule is CC1CCN(C(=O)c2cc(Nc3ccc(N4CCC(C)CC4)cc3)ccn2)CC1. The van der Waals surface area contributed by atoms with Gasteiger partial charge in [0.1, 0.15) is 5.69 Å². The first-order valence-corrected chi connectivity index (χ1v) is 11.0. The number of nitrogens with zero attached hydrogens (tertiary/aromatic N) is 3. The Labute approximate surface area is 174 Å². The van der Waals surface area contributed by atoms with Crippen molar-refractivity contribution in [2.45, 2.75) is 39.5 Å². The zero-order chi connectivity index (χ0) is 20.2. The minimum absolute atomic E-state index is 0.0372. The second-order valence-corrected chi connectivity index (χ2v) is 8.75. The van der Waals surface area contributed by atoms with E-state index >= 15 is 0 Å². The van der Waals surface area contributed by atoms with E-state index in [1.165, 1.54) is 18.5 Å². The van der Waals surface area contributed by atoms with Crippen LogP contribution in [0.2, 0.25) is 0 Å². The number of carbonyl (C=O) groups is 1. The number of hydrogen-bond donors (Lipinski definition) is 1. The first-order valence-electron chi connectivity index (χ1n) is 11.0. The summed E-state index contributed by atoms with van der Waals surface area (Å²) in [6.07, 6.45) is 6.40. The number of amides is 1. The molecule has 0 unspecified atom stereocenters. The van der Waals surface area contributed by atoms with Crippen LogP contribution in [0.4, 0.5) is 17.1 Å². The van der Waals surface area contributed by atoms with Crippen LogP contribution in [-0.4, -0.2) is 42.0 Å². The molecule has 0 atom stereocenters. The lowest BCUT2D eigenvalue weighted by Gasteiger charge is -2.32. The van der Waals surface area contributed by atoms with Gasteiger partial charge in [0.25, 0.3) is 5.91 Å². The van der Waals surface area contributed by atoms with Gasteiger partial charge < -0.3 is 15.1 Å². The van der Waals surface area contributed by atoms with Gasteiger partial charge in [-0.3, -0.25) is 9.78 Å². The number of nitrogens with one attached hydrogen (secondary N) is 1. The van der Waals surface area contributed by atoms with E-state index < -0.39 is 0 Å². The predicted molar refractivity (Wildman–Crippen MR) is 119 cm³/mol. The molecular weight excluding hydrogens is 360 g/mol. The molecule has 154 valence electrons. The van der Waals surface area contributed by atoms with Gasteiger partial charge in [-0.15, -0.1) is 0 Å². The average Bonchev–Trinajstić information content (AvgIpc) is 2.75. The van der Waals surface area contributed by atoms with Crippen LogP contribution in [0.5, 0.6) is 0 Å². The molecule has 1 amide bonds. The molecule has 5 heteroatoms. The number of piperidine rings is 2. The highest BCUT2D eigenvalue weighted by molar-refractivity contribution is 5.93. The van der Waals surface area contributed by atoms with Crippen LogP contribution in [0.3, 0.4) is 0 Å². The lowest BCUT2D eigenvalue weighted by Crippen LogP contribution is -2.38. The largest absolute Gasteiger partial charge is 0.372 e. The Morgan fingerprint density at radius 1 is 0.897 bits per heavy atom. The molecule has 1 aromatic heterocycles. The van der Waals surface area contributed by atoms with E-state index in [-0.39, 0.29) is 5.91 Å². The molecule has 2 aliphatic heterocycles. The number of anilines is 3. The fraction of sp³-hybridized carbons (Fsp3) is 0.500. The molecule has 0 radical (unpaired) electrons. The van der Waals surface area contributed by atoms with E-state index in [1.54, 1.807) is 6.20 Å². The van der Waals surface area contributed by atoms with Crippen molar-refractivity contribution in [3.8, 4) is 0 Å². The Bertz CT molecular complexity index is 819. The first kappa shape index (κ1) is 19.7. The summed E-state index contributed by atoms with van der Waals surface area (Å²) in [5.74, 6) is 1.58. The Hall–Kier alpha value is -2.56. The quantitative estimate of drug-likeness (QED) is 0.801. The first-order chi connectivity index (χ1) is 14.1. The van der Waals surface area contributed by atoms with E-state index in [2.05, 4.69) is 53.3 Å². The Balaban J connectivity index is 1.39. The summed E-state index contributed by atoms with van der Waals surface area (Å²) in [6.45, 7) is 8.52. The van der Waals surface area contributed by atoms with Crippen LogP contribution in [0, 0.1) is 11.8 Å². The fourth-order valence-electron chi connectivity index (χ4n) is 4.19. The summed E-state index contributed by atoms with van der Waals surface area (Å²) in [4.78, 5) is 21.5. The van der Waals surface area contributed by atoms with Gasteiger partial charge in [0.15, 0.2) is 0 Å². The number of likely N-dealkylation sites (tertiary alicyclic amines) is 1. The smallest absolute Gasteiger partial charge is 0.272 e. The maximum absolute atomic E-state index is 12.8. The number of aromatic nitrogens is 1. The van der Waals surface area contributed by atoms with Crippen molar-refractivity contribution in [3.63, 3.8) is 0 Å². The minimum Gasteiger partial charge on any atom is -0.372 e. The van der Waals surface area contributed by atoms with Crippen LogP contribution in [0.25, 0.3) is 0 Å². The zero-order valence-electron chi connectivity index (χ0n) is 17.6. The zero-order valence-corrected chi connectivity index (χ0v) is 17.6. The van der Waals surface area contributed by atoms with Crippen molar-refractivity contribution >= 4 is 23.0 Å². The van der Waals surface area contributed by atoms with Crippen molar-refractivity contribution in [2.24, 2.45) is 11.8 Å². The normalized spacial score (nSPS) is 18.7. The molecular formula is C24H32N4O. The third-order valence-corrected chi connectivity index (χ3v) is 6.35. The second-order valence-electron chi connectivity index (χ2n) is 8.75. The van der Waals surface area contributed by atoms with Crippen LogP contribution < -0.4 is 10.2 Å². The molecule has 4 rings (SSSR count). The molecule has 0 aliphatic carbocycles. The summed E-state index contributed by atoms with van der Waals surface area (Å²) >= 11 is 0. The maximum atomic E-state index is 12.8. The number of benzene rings is 1. The molecule has 1 N–H and O–H groups in total. The average molecular weight is 393 g/mol. The highest BCUT2D eigenvalue weighted by Crippen LogP contribution is 2.26. The van der Waals surface area contributed by atoms with Crippen LogP contribution in [0.15, 0.2) is 42.6 Å². The van der Waals surface area contributed by atoms with E-state index in [0.717, 1.165) is 56.3 Å². The molecule has 0 spiro atoms. The predicted octanol–water partition coefficient (Wildman–Crippen LogP) is 4.93. The third-order valence-electron chi connectivity index (χ3n) is 6.35. The molecule has 0 bridgehead atoms. The Kier molecular flexibility index (Phi) is 6.02. The van der Waals surface area contributed by atoms with E-state index in [1.807, 2.05) is 17.0 Å². The monoisotopic (exact) mass is 392 g/mol. The lowest BCUT2D eigenvalue weighted by atomic mass is 9.99. The van der Waals surface area contributed by atoms with Crippen LogP contribution in [-0.2, 0) is 0 Å². The van der Waals surface area contributed by atoms with Gasteiger partial charge in [-0.1, -0.05) is 13.8 Å². The summed E-state index contributed by atoms with van der Waals surface area (Å²) in [5.41, 5.74) is 3.72. The van der Waals surface area contributed by atoms with Gasteiger partial charge in [-0.25, -0.2) is 0 Å². The molecule has 5 nitrogen and oxygen atoms in total. The maximum Gasteiger partial charge on any atom is 0.272 e. The lowest BCUT2D eigenvalue weighted by molar-refractivity contribution is 0.0691. The van der Waals surface area contributed by atoms with Gasteiger partial charge in [0, 0.05) is 49.4 Å². The van der Waals surface area contributed by atoms with E-state index in [9.17, 15) is 4.79 Å². The Morgan fingerprint density at radius 2 is 1.52 bits per heavy atom. The van der Waals surface area contributed by atoms with Crippen LogP contribution >= 0.6 is 0 Å². The highest BCUT2D eigenvalue weighted by atomic mass is 16.2. The van der Waals surface area contributed by atoms with Crippen molar-refractivity contribution < 1.29 is 4.79 Å². The molecule has 2 aromatic rings. The molecule has 29 heavy (non-hydrogen) atoms. The van der Waals surface area contributed by atoms with E-state index in [4.69, 9.17) is 0 Å². The standard InChI is InChI=1S/C24H32N4O/c1-18-8-13-27(14-9-18)22-5-3-20(4-6-22)26-21-7-12-25-23(17-21)24(29)28-15-10-19(2)11-16-28/h3-7,12,17-19H,8-11,13-16H2,1-2H3,(H,25,26). The number of rotatable bonds is 4. The van der Waals surface area contributed by atoms with Crippen molar-refractivity contribution in [2.75, 3.05) is 36.4 Å². The van der Waals surface area contributed by atoms with Gasteiger partial charge >= 0.3 is 0 Å².